The average Bonchev–Trinajstić information content (AvgIpc) is 2.99. The van der Waals surface area contributed by atoms with Gasteiger partial charge in [0, 0.05) is 24.2 Å². The first-order chi connectivity index (χ1) is 10.0. The lowest BCUT2D eigenvalue weighted by atomic mass is 10.1. The monoisotopic (exact) mass is 291 g/mol. The van der Waals surface area contributed by atoms with Crippen LogP contribution in [-0.4, -0.2) is 28.6 Å². The summed E-state index contributed by atoms with van der Waals surface area (Å²) in [7, 11) is 0. The smallest absolute Gasteiger partial charge is 0.292 e. The SMILES string of the molecule is O=C1Cc2cc([N+](=O)[O-])c(NCC3CCCC3O)cc2N1. The quantitative estimate of drug-likeness (QED) is 0.578. The molecule has 112 valence electrons. The summed E-state index contributed by atoms with van der Waals surface area (Å²) in [4.78, 5) is 22.1. The largest absolute Gasteiger partial charge is 0.393 e. The lowest BCUT2D eigenvalue weighted by Gasteiger charge is -2.16. The minimum Gasteiger partial charge on any atom is -0.393 e. The van der Waals surface area contributed by atoms with Crippen molar-refractivity contribution in [3.63, 3.8) is 0 Å². The van der Waals surface area contributed by atoms with Crippen LogP contribution in [0.1, 0.15) is 24.8 Å². The molecule has 0 bridgehead atoms. The first-order valence-electron chi connectivity index (χ1n) is 7.07. The normalized spacial score (nSPS) is 23.8. The van der Waals surface area contributed by atoms with E-state index in [1.54, 1.807) is 6.07 Å². The average molecular weight is 291 g/mol. The third kappa shape index (κ3) is 2.69. The van der Waals surface area contributed by atoms with E-state index in [1.807, 2.05) is 0 Å². The predicted octanol–water partition coefficient (Wildman–Crippen LogP) is 1.66. The van der Waals surface area contributed by atoms with Gasteiger partial charge in [0.05, 0.1) is 17.4 Å². The summed E-state index contributed by atoms with van der Waals surface area (Å²) in [6, 6.07) is 3.06. The van der Waals surface area contributed by atoms with Gasteiger partial charge in [-0.05, 0) is 24.5 Å². The highest BCUT2D eigenvalue weighted by atomic mass is 16.6. The molecule has 7 heteroatoms. The standard InChI is InChI=1S/C14H17N3O4/c18-13-3-1-2-8(13)7-15-11-6-10-9(5-14(19)16-10)4-12(11)17(20)21/h4,6,8,13,15,18H,1-3,5,7H2,(H,16,19). The summed E-state index contributed by atoms with van der Waals surface area (Å²) < 4.78 is 0. The number of nitro groups is 1. The Labute approximate surface area is 121 Å². The summed E-state index contributed by atoms with van der Waals surface area (Å²) in [5.41, 5.74) is 1.64. The first kappa shape index (κ1) is 13.8. The number of carbonyl (C=O) groups is 1. The molecule has 0 spiro atoms. The summed E-state index contributed by atoms with van der Waals surface area (Å²) >= 11 is 0. The molecule has 21 heavy (non-hydrogen) atoms. The van der Waals surface area contributed by atoms with Crippen molar-refractivity contribution in [2.75, 3.05) is 17.2 Å². The van der Waals surface area contributed by atoms with Gasteiger partial charge in [0.1, 0.15) is 5.69 Å². The minimum atomic E-state index is -0.448. The molecule has 2 unspecified atom stereocenters. The van der Waals surface area contributed by atoms with E-state index in [0.717, 1.165) is 19.3 Å². The maximum Gasteiger partial charge on any atom is 0.292 e. The maximum atomic E-state index is 11.4. The number of fused-ring (bicyclic) bond motifs is 1. The number of nitrogens with one attached hydrogen (secondary N) is 2. The number of hydrogen-bond acceptors (Lipinski definition) is 5. The Hall–Kier alpha value is -2.15. The number of hydrogen-bond donors (Lipinski definition) is 3. The molecule has 1 aliphatic carbocycles. The lowest BCUT2D eigenvalue weighted by Crippen LogP contribution is -2.22. The van der Waals surface area contributed by atoms with Crippen molar-refractivity contribution in [3.8, 4) is 0 Å². The van der Waals surface area contributed by atoms with Gasteiger partial charge in [-0.1, -0.05) is 6.42 Å². The van der Waals surface area contributed by atoms with Gasteiger partial charge >= 0.3 is 0 Å². The zero-order valence-corrected chi connectivity index (χ0v) is 11.5. The lowest BCUT2D eigenvalue weighted by molar-refractivity contribution is -0.384. The second-order valence-corrected chi connectivity index (χ2v) is 5.65. The van der Waals surface area contributed by atoms with Crippen LogP contribution in [0.2, 0.25) is 0 Å². The second kappa shape index (κ2) is 5.33. The second-order valence-electron chi connectivity index (χ2n) is 5.65. The number of benzene rings is 1. The van der Waals surface area contributed by atoms with Crippen molar-refractivity contribution in [2.24, 2.45) is 5.92 Å². The molecule has 1 aromatic rings. The molecular weight excluding hydrogens is 274 g/mol. The number of aliphatic hydroxyl groups is 1. The molecule has 1 aromatic carbocycles. The Morgan fingerprint density at radius 3 is 2.90 bits per heavy atom. The molecule has 1 saturated carbocycles. The van der Waals surface area contributed by atoms with Gasteiger partial charge in [-0.3, -0.25) is 14.9 Å². The third-order valence-electron chi connectivity index (χ3n) is 4.22. The van der Waals surface area contributed by atoms with E-state index in [2.05, 4.69) is 10.6 Å². The van der Waals surface area contributed by atoms with Crippen molar-refractivity contribution >= 4 is 23.0 Å². The Kier molecular flexibility index (Phi) is 3.50. The molecule has 7 nitrogen and oxygen atoms in total. The predicted molar refractivity (Wildman–Crippen MR) is 77.3 cm³/mol. The van der Waals surface area contributed by atoms with Gasteiger partial charge in [0.25, 0.3) is 5.69 Å². The van der Waals surface area contributed by atoms with Gasteiger partial charge in [0.2, 0.25) is 5.91 Å². The van der Waals surface area contributed by atoms with Crippen molar-refractivity contribution in [1.29, 1.82) is 0 Å². The van der Waals surface area contributed by atoms with Crippen LogP contribution in [0.4, 0.5) is 17.1 Å². The molecule has 2 aliphatic rings. The highest BCUT2D eigenvalue weighted by Crippen LogP contribution is 2.35. The molecule has 3 N–H and O–H groups in total. The number of carbonyl (C=O) groups excluding carboxylic acids is 1. The number of nitro benzene ring substituents is 1. The highest BCUT2D eigenvalue weighted by molar-refractivity contribution is 6.00. The van der Waals surface area contributed by atoms with Crippen LogP contribution in [-0.2, 0) is 11.2 Å². The Morgan fingerprint density at radius 2 is 2.24 bits per heavy atom. The van der Waals surface area contributed by atoms with E-state index in [4.69, 9.17) is 0 Å². The van der Waals surface area contributed by atoms with Crippen LogP contribution < -0.4 is 10.6 Å². The number of anilines is 2. The molecular formula is C14H17N3O4. The number of amides is 1. The summed E-state index contributed by atoms with van der Waals surface area (Å²) in [5, 5.41) is 26.7. The Balaban J connectivity index is 1.81. The zero-order valence-electron chi connectivity index (χ0n) is 11.5. The highest BCUT2D eigenvalue weighted by Gasteiger charge is 2.27. The van der Waals surface area contributed by atoms with Crippen LogP contribution in [0.5, 0.6) is 0 Å². The van der Waals surface area contributed by atoms with E-state index >= 15 is 0 Å². The Morgan fingerprint density at radius 1 is 1.43 bits per heavy atom. The van der Waals surface area contributed by atoms with Gasteiger partial charge in [-0.25, -0.2) is 0 Å². The van der Waals surface area contributed by atoms with Crippen molar-refractivity contribution < 1.29 is 14.8 Å². The molecule has 2 atom stereocenters. The van der Waals surface area contributed by atoms with E-state index in [1.165, 1.54) is 6.07 Å². The molecule has 1 heterocycles. The van der Waals surface area contributed by atoms with Crippen molar-refractivity contribution in [1.82, 2.24) is 0 Å². The van der Waals surface area contributed by atoms with Gasteiger partial charge in [-0.2, -0.15) is 0 Å². The number of aliphatic hydroxyl groups excluding tert-OH is 1. The van der Waals surface area contributed by atoms with Crippen LogP contribution in [0.15, 0.2) is 12.1 Å². The molecule has 1 aliphatic heterocycles. The topological polar surface area (TPSA) is 104 Å². The zero-order chi connectivity index (χ0) is 15.0. The van der Waals surface area contributed by atoms with Crippen LogP contribution in [0.25, 0.3) is 0 Å². The summed E-state index contributed by atoms with van der Waals surface area (Å²) in [6.45, 7) is 0.495. The van der Waals surface area contributed by atoms with Gasteiger partial charge in [-0.15, -0.1) is 0 Å². The van der Waals surface area contributed by atoms with Crippen LogP contribution in [0.3, 0.4) is 0 Å². The number of nitrogens with zero attached hydrogens (tertiary/aromatic N) is 1. The van der Waals surface area contributed by atoms with E-state index in [0.29, 0.717) is 23.5 Å². The van der Waals surface area contributed by atoms with E-state index < -0.39 is 4.92 Å². The summed E-state index contributed by atoms with van der Waals surface area (Å²) in [5.74, 6) is -0.0323. The molecule has 0 radical (unpaired) electrons. The summed E-state index contributed by atoms with van der Waals surface area (Å²) in [6.07, 6.45) is 2.53. The fourth-order valence-electron chi connectivity index (χ4n) is 3.05. The van der Waals surface area contributed by atoms with Gasteiger partial charge in [0.15, 0.2) is 0 Å². The molecule has 0 aromatic heterocycles. The van der Waals surface area contributed by atoms with E-state index in [-0.39, 0.29) is 30.0 Å². The maximum absolute atomic E-state index is 11.4. The van der Waals surface area contributed by atoms with Gasteiger partial charge < -0.3 is 15.7 Å². The van der Waals surface area contributed by atoms with Crippen LogP contribution in [0, 0.1) is 16.0 Å². The van der Waals surface area contributed by atoms with E-state index in [9.17, 15) is 20.0 Å². The fraction of sp³-hybridized carbons (Fsp3) is 0.500. The Bertz CT molecular complexity index is 602. The van der Waals surface area contributed by atoms with Crippen molar-refractivity contribution in [2.45, 2.75) is 31.8 Å². The first-order valence-corrected chi connectivity index (χ1v) is 7.07. The van der Waals surface area contributed by atoms with Crippen LogP contribution >= 0.6 is 0 Å². The molecule has 1 fully saturated rings. The number of rotatable bonds is 4. The fourth-order valence-corrected chi connectivity index (χ4v) is 3.05. The minimum absolute atomic E-state index is 0.0299. The molecule has 0 saturated heterocycles. The molecule has 3 rings (SSSR count). The third-order valence-corrected chi connectivity index (χ3v) is 4.22. The van der Waals surface area contributed by atoms with Crippen molar-refractivity contribution in [3.05, 3.63) is 27.8 Å². The molecule has 1 amide bonds.